The molecule has 0 aliphatic carbocycles. The second-order valence-corrected chi connectivity index (χ2v) is 12.1. The summed E-state index contributed by atoms with van der Waals surface area (Å²) in [4.78, 5) is 21.7. The highest BCUT2D eigenvalue weighted by molar-refractivity contribution is 9.58. The Kier molecular flexibility index (Phi) is 4.09. The number of nitrogens with zero attached hydrogens (tertiary/aromatic N) is 1. The fourth-order valence-electron chi connectivity index (χ4n) is 1.16. The van der Waals surface area contributed by atoms with Crippen molar-refractivity contribution in [1.29, 1.82) is 0 Å². The molecule has 1 rings (SSSR count). The average molecular weight is 306 g/mol. The number of carbonyl (C=O) groups is 1. The highest BCUT2D eigenvalue weighted by Gasteiger charge is 2.15. The van der Waals surface area contributed by atoms with Crippen LogP contribution in [0.2, 0.25) is 0 Å². The van der Waals surface area contributed by atoms with Crippen molar-refractivity contribution in [3.63, 3.8) is 0 Å². The van der Waals surface area contributed by atoms with Gasteiger partial charge in [0, 0.05) is 23.4 Å². The van der Waals surface area contributed by atoms with E-state index in [9.17, 15) is 14.9 Å². The Hall–Kier alpha value is -0.880. The zero-order valence-corrected chi connectivity index (χ0v) is 11.4. The van der Waals surface area contributed by atoms with Crippen LogP contribution in [0, 0.1) is 10.1 Å². The summed E-state index contributed by atoms with van der Waals surface area (Å²) in [5.74, 6) is 0.442. The first-order chi connectivity index (χ1) is 7.29. The molecule has 0 fully saturated rings. The van der Waals surface area contributed by atoms with Gasteiger partial charge in [-0.1, -0.05) is 0 Å². The second kappa shape index (κ2) is 4.97. The molecule has 0 N–H and O–H groups in total. The number of non-ortho nitro benzene ring substituents is 1. The topological polar surface area (TPSA) is 60.2 Å². The smallest absolute Gasteiger partial charge is 0.269 e. The van der Waals surface area contributed by atoms with E-state index in [2.05, 4.69) is 14.8 Å². The summed E-state index contributed by atoms with van der Waals surface area (Å²) in [6.45, 7) is 0. The van der Waals surface area contributed by atoms with Crippen LogP contribution in [0.1, 0.15) is 10.4 Å². The Balaban J connectivity index is 2.82. The normalized spacial score (nSPS) is 12.2. The van der Waals surface area contributed by atoms with Gasteiger partial charge in [0.25, 0.3) is 5.69 Å². The number of ketones is 1. The van der Waals surface area contributed by atoms with Gasteiger partial charge in [-0.2, -0.15) is 8.46 Å². The predicted octanol–water partition coefficient (Wildman–Crippen LogP) is 3.15. The Morgan fingerprint density at radius 3 is 2.25 bits per heavy atom. The van der Waals surface area contributed by atoms with Gasteiger partial charge in [0.2, 0.25) is 0 Å². The molecule has 0 amide bonds. The molecular formula is C10H12BrNO3S. The molecule has 1 aromatic rings. The van der Waals surface area contributed by atoms with E-state index in [0.29, 0.717) is 11.3 Å². The molecule has 0 aromatic heterocycles. The molecule has 0 saturated carbocycles. The average Bonchev–Trinajstić information content (AvgIpc) is 2.15. The van der Waals surface area contributed by atoms with Crippen LogP contribution in [-0.2, 0) is 0 Å². The zero-order chi connectivity index (χ0) is 12.3. The molecule has 4 nitrogen and oxygen atoms in total. The first-order valence-electron chi connectivity index (χ1n) is 4.48. The zero-order valence-electron chi connectivity index (χ0n) is 8.97. The van der Waals surface area contributed by atoms with Crippen molar-refractivity contribution in [2.75, 3.05) is 18.3 Å². The summed E-state index contributed by atoms with van der Waals surface area (Å²) < 4.78 is 0. The molecule has 0 bridgehead atoms. The van der Waals surface area contributed by atoms with Crippen molar-refractivity contribution in [3.05, 3.63) is 39.9 Å². The van der Waals surface area contributed by atoms with Crippen LogP contribution >= 0.6 is 23.3 Å². The van der Waals surface area contributed by atoms with Crippen LogP contribution in [0.3, 0.4) is 0 Å². The lowest BCUT2D eigenvalue weighted by atomic mass is 10.1. The summed E-state index contributed by atoms with van der Waals surface area (Å²) in [7, 11) is -1.07. The van der Waals surface area contributed by atoms with Crippen LogP contribution < -0.4 is 0 Å². The third-order valence-corrected chi connectivity index (χ3v) is 3.51. The first kappa shape index (κ1) is 13.2. The molecular weight excluding hydrogens is 294 g/mol. The maximum absolute atomic E-state index is 11.8. The molecule has 0 heterocycles. The second-order valence-electron chi connectivity index (χ2n) is 3.77. The Morgan fingerprint density at radius 2 is 1.88 bits per heavy atom. The number of hydrogen-bond donors (Lipinski definition) is 0. The number of halogens is 1. The van der Waals surface area contributed by atoms with E-state index in [4.69, 9.17) is 0 Å². The number of rotatable bonds is 4. The van der Waals surface area contributed by atoms with Crippen LogP contribution in [0.4, 0.5) is 5.69 Å². The number of Topliss-reactive ketones (excluding diaryl/α,β-unsaturated/α-hetero) is 1. The van der Waals surface area contributed by atoms with Gasteiger partial charge in [-0.05, 0) is 39.5 Å². The van der Waals surface area contributed by atoms with E-state index in [1.165, 1.54) is 24.3 Å². The molecule has 88 valence electrons. The van der Waals surface area contributed by atoms with Crippen molar-refractivity contribution in [2.45, 2.75) is 0 Å². The molecule has 0 unspecified atom stereocenters. The van der Waals surface area contributed by atoms with Crippen molar-refractivity contribution in [3.8, 4) is 0 Å². The third kappa shape index (κ3) is 3.94. The van der Waals surface area contributed by atoms with Gasteiger partial charge in [0.1, 0.15) is 0 Å². The van der Waals surface area contributed by atoms with Gasteiger partial charge >= 0.3 is 0 Å². The monoisotopic (exact) mass is 305 g/mol. The van der Waals surface area contributed by atoms with E-state index >= 15 is 0 Å². The summed E-state index contributed by atoms with van der Waals surface area (Å²) in [5, 5.41) is 10.4. The molecule has 0 aliphatic rings. The van der Waals surface area contributed by atoms with Crippen LogP contribution in [0.5, 0.6) is 0 Å². The molecule has 0 spiro atoms. The lowest BCUT2D eigenvalue weighted by Crippen LogP contribution is -2.08. The lowest BCUT2D eigenvalue weighted by Gasteiger charge is -2.20. The van der Waals surface area contributed by atoms with Crippen LogP contribution in [0.25, 0.3) is 0 Å². The number of hydrogen-bond acceptors (Lipinski definition) is 3. The Bertz CT molecular complexity index is 411. The highest BCUT2D eigenvalue weighted by Crippen LogP contribution is 2.48. The van der Waals surface area contributed by atoms with E-state index in [-0.39, 0.29) is 11.5 Å². The lowest BCUT2D eigenvalue weighted by molar-refractivity contribution is -0.384. The van der Waals surface area contributed by atoms with Crippen LogP contribution in [-0.4, -0.2) is 29.0 Å². The molecule has 6 heteroatoms. The van der Waals surface area contributed by atoms with Gasteiger partial charge in [-0.3, -0.25) is 14.9 Å². The SMILES string of the molecule is CS(C)(Br)CC(=O)c1ccc([N+](=O)[O-])cc1. The molecule has 1 aromatic carbocycles. The molecule has 0 saturated heterocycles. The molecule has 0 radical (unpaired) electrons. The van der Waals surface area contributed by atoms with Crippen molar-refractivity contribution < 1.29 is 9.72 Å². The number of carbonyl (C=O) groups excluding carboxylic acids is 1. The largest absolute Gasteiger partial charge is 0.293 e. The number of nitro groups is 1. The van der Waals surface area contributed by atoms with Crippen molar-refractivity contribution >= 4 is 34.7 Å². The van der Waals surface area contributed by atoms with Gasteiger partial charge in [0.05, 0.1) is 4.92 Å². The number of nitro benzene ring substituents is 1. The summed E-state index contributed by atoms with van der Waals surface area (Å²) in [5.41, 5.74) is 0.521. The highest BCUT2D eigenvalue weighted by atomic mass is 79.9. The maximum Gasteiger partial charge on any atom is 0.269 e. The van der Waals surface area contributed by atoms with Crippen molar-refractivity contribution in [1.82, 2.24) is 0 Å². The van der Waals surface area contributed by atoms with Gasteiger partial charge in [-0.25, -0.2) is 0 Å². The minimum absolute atomic E-state index is 0.00185. The van der Waals surface area contributed by atoms with Crippen LogP contribution in [0.15, 0.2) is 24.3 Å². The Morgan fingerprint density at radius 1 is 1.38 bits per heavy atom. The van der Waals surface area contributed by atoms with Crippen molar-refractivity contribution in [2.24, 2.45) is 0 Å². The first-order valence-corrected chi connectivity index (χ1v) is 8.94. The van der Waals surface area contributed by atoms with E-state index in [1.807, 2.05) is 12.5 Å². The Labute approximate surface area is 103 Å². The molecule has 0 atom stereocenters. The van der Waals surface area contributed by atoms with Gasteiger partial charge < -0.3 is 0 Å². The van der Waals surface area contributed by atoms with Gasteiger partial charge in [0.15, 0.2) is 5.78 Å². The van der Waals surface area contributed by atoms with E-state index in [1.54, 1.807) is 0 Å². The summed E-state index contributed by atoms with van der Waals surface area (Å²) >= 11 is 3.47. The predicted molar refractivity (Wildman–Crippen MR) is 70.7 cm³/mol. The molecule has 0 aliphatic heterocycles. The quantitative estimate of drug-likeness (QED) is 0.488. The minimum Gasteiger partial charge on any atom is -0.293 e. The fraction of sp³-hybridized carbons (Fsp3) is 0.300. The summed E-state index contributed by atoms with van der Waals surface area (Å²) in [6, 6.07) is 5.70. The van der Waals surface area contributed by atoms with E-state index in [0.717, 1.165) is 0 Å². The van der Waals surface area contributed by atoms with E-state index < -0.39 is 13.4 Å². The minimum atomic E-state index is -1.07. The fourth-order valence-corrected chi connectivity index (χ4v) is 2.58. The third-order valence-electron chi connectivity index (χ3n) is 1.87. The molecule has 16 heavy (non-hydrogen) atoms. The summed E-state index contributed by atoms with van der Waals surface area (Å²) in [6.07, 6.45) is 3.96. The maximum atomic E-state index is 11.8. The standard InChI is InChI=1S/C10H12BrNO3S/c1-16(2,11)7-10(13)8-3-5-9(6-4-8)12(14)15/h3-6H,7H2,1-2H3. The van der Waals surface area contributed by atoms with Gasteiger partial charge in [-0.15, -0.1) is 0 Å². The number of benzene rings is 1.